The van der Waals surface area contributed by atoms with E-state index in [1.54, 1.807) is 0 Å². The number of unbranched alkanes of at least 4 members (excludes halogenated alkanes) is 10. The Morgan fingerprint density at radius 3 is 0.833 bits per heavy atom. The molecule has 4 nitrogen and oxygen atoms in total. The van der Waals surface area contributed by atoms with Crippen LogP contribution in [0.4, 0.5) is 0 Å². The van der Waals surface area contributed by atoms with Gasteiger partial charge in [-0.25, -0.2) is 0 Å². The molecule has 0 heterocycles. The smallest absolute Gasteiger partial charge is 0.0612 e. The Morgan fingerprint density at radius 2 is 0.600 bits per heavy atom. The maximum atomic E-state index is 2.32. The highest BCUT2D eigenvalue weighted by molar-refractivity contribution is 4.63. The van der Waals surface area contributed by atoms with Crippen LogP contribution in [0.25, 0.3) is 0 Å². The molecule has 0 atom stereocenters. The lowest BCUT2D eigenvalue weighted by atomic mass is 10.1. The summed E-state index contributed by atoms with van der Waals surface area (Å²) in [5, 5.41) is 0. The second-order valence-corrected chi connectivity index (χ2v) is 9.93. The molecule has 0 unspecified atom stereocenters. The molecule has 0 fully saturated rings. The van der Waals surface area contributed by atoms with E-state index in [1.165, 1.54) is 89.9 Å². The van der Waals surface area contributed by atoms with Gasteiger partial charge in [-0.3, -0.25) is 19.6 Å². The monoisotopic (exact) mass is 428 g/mol. The standard InChI is InChI=1S/C14H32N2.C12H28N2/c1-6-7-8-9-10-11-12-13-14(15(2)3)16(4)5;1-6-7-8-9-10-11-12(13(2)3)14(4)5/h14H,6-13H2,1-5H3;12H,6-11H2,1-5H3. The third kappa shape index (κ3) is 19.8. The number of hydrogen-bond donors (Lipinski definition) is 0. The van der Waals surface area contributed by atoms with Gasteiger partial charge in [0.1, 0.15) is 0 Å². The molecule has 30 heavy (non-hydrogen) atoms. The van der Waals surface area contributed by atoms with Crippen LogP contribution in [0, 0.1) is 0 Å². The zero-order valence-corrected chi connectivity index (χ0v) is 22.8. The van der Waals surface area contributed by atoms with E-state index in [1.807, 2.05) is 0 Å². The van der Waals surface area contributed by atoms with Crippen LogP contribution >= 0.6 is 0 Å². The van der Waals surface area contributed by atoms with Crippen LogP contribution in [0.3, 0.4) is 0 Å². The molecular formula is C26H60N4. The molecule has 0 aliphatic rings. The first kappa shape index (κ1) is 32.0. The van der Waals surface area contributed by atoms with Crippen molar-refractivity contribution in [2.24, 2.45) is 0 Å². The summed E-state index contributed by atoms with van der Waals surface area (Å²) in [7, 11) is 17.3. The lowest BCUT2D eigenvalue weighted by Gasteiger charge is -2.30. The molecule has 0 amide bonds. The maximum absolute atomic E-state index is 2.32. The predicted octanol–water partition coefficient (Wildman–Crippen LogP) is 6.37. The summed E-state index contributed by atoms with van der Waals surface area (Å²) < 4.78 is 0. The van der Waals surface area contributed by atoms with Crippen LogP contribution in [0.2, 0.25) is 0 Å². The van der Waals surface area contributed by atoms with E-state index in [0.717, 1.165) is 0 Å². The number of rotatable bonds is 18. The first-order chi connectivity index (χ1) is 14.2. The van der Waals surface area contributed by atoms with Crippen molar-refractivity contribution in [3.8, 4) is 0 Å². The van der Waals surface area contributed by atoms with Gasteiger partial charge in [0.15, 0.2) is 0 Å². The molecule has 0 saturated heterocycles. The molecule has 0 aliphatic heterocycles. The average molecular weight is 429 g/mol. The quantitative estimate of drug-likeness (QED) is 0.186. The fourth-order valence-corrected chi connectivity index (χ4v) is 4.17. The Labute approximate surface area is 192 Å². The predicted molar refractivity (Wildman–Crippen MR) is 138 cm³/mol. The van der Waals surface area contributed by atoms with Gasteiger partial charge in [-0.1, -0.05) is 90.9 Å². The summed E-state index contributed by atoms with van der Waals surface area (Å²) in [5.74, 6) is 0. The highest BCUT2D eigenvalue weighted by Crippen LogP contribution is 2.13. The molecule has 0 aromatic rings. The summed E-state index contributed by atoms with van der Waals surface area (Å²) in [4.78, 5) is 9.24. The lowest BCUT2D eigenvalue weighted by molar-refractivity contribution is 0.117. The zero-order valence-electron chi connectivity index (χ0n) is 22.8. The van der Waals surface area contributed by atoms with E-state index in [2.05, 4.69) is 89.8 Å². The molecule has 0 saturated carbocycles. The second kappa shape index (κ2) is 22.0. The Bertz CT molecular complexity index is 313. The summed E-state index contributed by atoms with van der Waals surface area (Å²) in [6.07, 6.45) is 20.5. The van der Waals surface area contributed by atoms with Gasteiger partial charge in [-0.05, 0) is 69.2 Å². The van der Waals surface area contributed by atoms with Gasteiger partial charge in [0, 0.05) is 0 Å². The zero-order chi connectivity index (χ0) is 23.4. The summed E-state index contributed by atoms with van der Waals surface area (Å²) >= 11 is 0. The first-order valence-corrected chi connectivity index (χ1v) is 12.8. The lowest BCUT2D eigenvalue weighted by Crippen LogP contribution is -2.40. The minimum absolute atomic E-state index is 0.607. The molecule has 184 valence electrons. The number of nitrogens with zero attached hydrogens (tertiary/aromatic N) is 4. The SMILES string of the molecule is CCCCCCCC(N(C)C)N(C)C.CCCCCCCCCC(N(C)C)N(C)C. The van der Waals surface area contributed by atoms with Crippen molar-refractivity contribution in [2.75, 3.05) is 56.4 Å². The van der Waals surface area contributed by atoms with E-state index in [9.17, 15) is 0 Å². The third-order valence-corrected chi connectivity index (χ3v) is 6.02. The van der Waals surface area contributed by atoms with Gasteiger partial charge in [0.05, 0.1) is 12.3 Å². The van der Waals surface area contributed by atoms with Gasteiger partial charge >= 0.3 is 0 Å². The van der Waals surface area contributed by atoms with Crippen LogP contribution in [0.15, 0.2) is 0 Å². The fraction of sp³-hybridized carbons (Fsp3) is 1.00. The molecule has 0 aromatic heterocycles. The fourth-order valence-electron chi connectivity index (χ4n) is 4.17. The summed E-state index contributed by atoms with van der Waals surface area (Å²) in [6.45, 7) is 4.54. The van der Waals surface area contributed by atoms with Crippen molar-refractivity contribution in [1.29, 1.82) is 0 Å². The molecule has 0 spiro atoms. The van der Waals surface area contributed by atoms with Gasteiger partial charge < -0.3 is 0 Å². The highest BCUT2D eigenvalue weighted by Gasteiger charge is 2.13. The van der Waals surface area contributed by atoms with E-state index >= 15 is 0 Å². The van der Waals surface area contributed by atoms with E-state index in [-0.39, 0.29) is 0 Å². The highest BCUT2D eigenvalue weighted by atomic mass is 15.3. The Kier molecular flexibility index (Phi) is 23.5. The Balaban J connectivity index is 0. The van der Waals surface area contributed by atoms with Crippen molar-refractivity contribution in [1.82, 2.24) is 19.6 Å². The van der Waals surface area contributed by atoms with Crippen LogP contribution in [-0.4, -0.2) is 88.3 Å². The van der Waals surface area contributed by atoms with Crippen molar-refractivity contribution in [3.63, 3.8) is 0 Å². The first-order valence-electron chi connectivity index (χ1n) is 12.8. The van der Waals surface area contributed by atoms with Crippen LogP contribution in [0.1, 0.15) is 104 Å². The van der Waals surface area contributed by atoms with Gasteiger partial charge in [-0.15, -0.1) is 0 Å². The minimum Gasteiger partial charge on any atom is -0.294 e. The molecule has 4 heteroatoms. The second-order valence-electron chi connectivity index (χ2n) is 9.93. The average Bonchev–Trinajstić information content (AvgIpc) is 2.66. The summed E-state index contributed by atoms with van der Waals surface area (Å²) in [6, 6.07) is 0. The van der Waals surface area contributed by atoms with Gasteiger partial charge in [-0.2, -0.15) is 0 Å². The van der Waals surface area contributed by atoms with Crippen LogP contribution < -0.4 is 0 Å². The van der Waals surface area contributed by atoms with Gasteiger partial charge in [0.2, 0.25) is 0 Å². The normalized spacial score (nSPS) is 12.0. The topological polar surface area (TPSA) is 13.0 Å². The van der Waals surface area contributed by atoms with Crippen molar-refractivity contribution in [3.05, 3.63) is 0 Å². The Hall–Kier alpha value is -0.160. The van der Waals surface area contributed by atoms with Crippen molar-refractivity contribution >= 4 is 0 Å². The molecule has 0 radical (unpaired) electrons. The molecular weight excluding hydrogens is 368 g/mol. The van der Waals surface area contributed by atoms with E-state index in [0.29, 0.717) is 12.3 Å². The van der Waals surface area contributed by atoms with Crippen LogP contribution in [-0.2, 0) is 0 Å². The molecule has 0 rings (SSSR count). The Morgan fingerprint density at radius 1 is 0.367 bits per heavy atom. The largest absolute Gasteiger partial charge is 0.294 e. The van der Waals surface area contributed by atoms with E-state index < -0.39 is 0 Å². The van der Waals surface area contributed by atoms with E-state index in [4.69, 9.17) is 0 Å². The minimum atomic E-state index is 0.607. The van der Waals surface area contributed by atoms with Crippen LogP contribution in [0.5, 0.6) is 0 Å². The molecule has 0 aliphatic carbocycles. The van der Waals surface area contributed by atoms with Crippen molar-refractivity contribution < 1.29 is 0 Å². The molecule has 0 bridgehead atoms. The number of hydrogen-bond acceptors (Lipinski definition) is 4. The summed E-state index contributed by atoms with van der Waals surface area (Å²) in [5.41, 5.74) is 0. The third-order valence-electron chi connectivity index (χ3n) is 6.02. The maximum Gasteiger partial charge on any atom is 0.0612 e. The van der Waals surface area contributed by atoms with Gasteiger partial charge in [0.25, 0.3) is 0 Å². The molecule has 0 aromatic carbocycles. The molecule has 0 N–H and O–H groups in total. The van der Waals surface area contributed by atoms with Crippen molar-refractivity contribution in [2.45, 2.75) is 116 Å².